The van der Waals surface area contributed by atoms with Crippen LogP contribution in [-0.4, -0.2) is 7.05 Å². The van der Waals surface area contributed by atoms with Gasteiger partial charge in [-0.3, -0.25) is 0 Å². The van der Waals surface area contributed by atoms with Crippen LogP contribution in [0, 0.1) is 6.92 Å². The zero-order valence-electron chi connectivity index (χ0n) is 11.4. The minimum absolute atomic E-state index is 0.338. The van der Waals surface area contributed by atoms with Gasteiger partial charge in [-0.05, 0) is 56.8 Å². The fraction of sp³-hybridized carbons (Fsp3) is 0.250. The number of hydrogen-bond donors (Lipinski definition) is 1. The van der Waals surface area contributed by atoms with Crippen molar-refractivity contribution in [3.05, 3.63) is 58.1 Å². The molecule has 0 saturated carbocycles. The van der Waals surface area contributed by atoms with E-state index in [1.54, 1.807) is 0 Å². The first-order chi connectivity index (χ1) is 9.10. The Morgan fingerprint density at radius 2 is 1.95 bits per heavy atom. The van der Waals surface area contributed by atoms with Crippen LogP contribution in [0.3, 0.4) is 0 Å². The van der Waals surface area contributed by atoms with Gasteiger partial charge in [-0.15, -0.1) is 0 Å². The molecule has 2 rings (SSSR count). The first kappa shape index (κ1) is 14.6. The van der Waals surface area contributed by atoms with E-state index in [-0.39, 0.29) is 0 Å². The molecule has 0 aliphatic rings. The zero-order valence-corrected chi connectivity index (χ0v) is 13.8. The van der Waals surface area contributed by atoms with Gasteiger partial charge in [0.1, 0.15) is 0 Å². The molecule has 100 valence electrons. The van der Waals surface area contributed by atoms with Crippen molar-refractivity contribution in [3.63, 3.8) is 0 Å². The molecule has 0 heterocycles. The van der Waals surface area contributed by atoms with Crippen molar-refractivity contribution in [1.82, 2.24) is 5.32 Å². The average Bonchev–Trinajstić information content (AvgIpc) is 2.40. The van der Waals surface area contributed by atoms with Crippen LogP contribution in [0.5, 0.6) is 0 Å². The molecule has 1 nitrogen and oxygen atoms in total. The largest absolute Gasteiger partial charge is 0.313 e. The van der Waals surface area contributed by atoms with Gasteiger partial charge >= 0.3 is 0 Å². The van der Waals surface area contributed by atoms with Crippen molar-refractivity contribution in [1.29, 1.82) is 0 Å². The maximum absolute atomic E-state index is 3.55. The van der Waals surface area contributed by atoms with E-state index in [1.165, 1.54) is 20.9 Å². The average molecular weight is 336 g/mol. The van der Waals surface area contributed by atoms with Gasteiger partial charge in [0.25, 0.3) is 0 Å². The number of aryl methyl sites for hydroxylation is 1. The molecular formula is C16H18BrNS. The Balaban J connectivity index is 2.34. The predicted molar refractivity (Wildman–Crippen MR) is 86.9 cm³/mol. The maximum atomic E-state index is 3.55. The second kappa shape index (κ2) is 6.60. The van der Waals surface area contributed by atoms with Gasteiger partial charge in [0, 0.05) is 20.3 Å². The van der Waals surface area contributed by atoms with Gasteiger partial charge in [0.05, 0.1) is 0 Å². The molecule has 0 aliphatic carbocycles. The predicted octanol–water partition coefficient (Wildman–Crippen LogP) is 5.19. The van der Waals surface area contributed by atoms with E-state index in [9.17, 15) is 0 Å². The first-order valence-corrected chi connectivity index (χ1v) is 7.92. The van der Waals surface area contributed by atoms with Crippen LogP contribution in [0.25, 0.3) is 0 Å². The van der Waals surface area contributed by atoms with E-state index >= 15 is 0 Å². The fourth-order valence-electron chi connectivity index (χ4n) is 1.91. The van der Waals surface area contributed by atoms with Gasteiger partial charge in [-0.25, -0.2) is 0 Å². The molecule has 3 heteroatoms. The van der Waals surface area contributed by atoms with Crippen molar-refractivity contribution in [2.75, 3.05) is 7.05 Å². The Morgan fingerprint density at radius 1 is 1.16 bits per heavy atom. The topological polar surface area (TPSA) is 12.0 Å². The van der Waals surface area contributed by atoms with Gasteiger partial charge < -0.3 is 5.32 Å². The fourth-order valence-corrected chi connectivity index (χ4v) is 3.43. The number of benzene rings is 2. The normalized spacial score (nSPS) is 12.4. The second-order valence-corrected chi connectivity index (χ2v) is 6.64. The highest BCUT2D eigenvalue weighted by atomic mass is 79.9. The Labute approximate surface area is 127 Å². The third kappa shape index (κ3) is 3.85. The first-order valence-electron chi connectivity index (χ1n) is 6.31. The van der Waals surface area contributed by atoms with E-state index in [0.29, 0.717) is 6.04 Å². The van der Waals surface area contributed by atoms with Crippen LogP contribution < -0.4 is 5.32 Å². The highest BCUT2D eigenvalue weighted by Gasteiger charge is 2.10. The third-order valence-electron chi connectivity index (χ3n) is 3.09. The number of rotatable bonds is 4. The molecule has 0 amide bonds. The number of nitrogens with one attached hydrogen (secondary N) is 1. The zero-order chi connectivity index (χ0) is 13.8. The maximum Gasteiger partial charge on any atom is 0.0300 e. The van der Waals surface area contributed by atoms with Crippen molar-refractivity contribution >= 4 is 27.7 Å². The molecule has 0 saturated heterocycles. The molecule has 0 bridgehead atoms. The van der Waals surface area contributed by atoms with Crippen LogP contribution in [0.15, 0.2) is 56.7 Å². The molecule has 1 atom stereocenters. The summed E-state index contributed by atoms with van der Waals surface area (Å²) in [5.41, 5.74) is 2.62. The van der Waals surface area contributed by atoms with Crippen LogP contribution in [0.1, 0.15) is 24.1 Å². The lowest BCUT2D eigenvalue weighted by atomic mass is 10.1. The highest BCUT2D eigenvalue weighted by Crippen LogP contribution is 2.35. The summed E-state index contributed by atoms with van der Waals surface area (Å²) in [5, 5.41) is 3.31. The highest BCUT2D eigenvalue weighted by molar-refractivity contribution is 9.10. The Morgan fingerprint density at radius 3 is 2.63 bits per heavy atom. The van der Waals surface area contributed by atoms with Crippen LogP contribution in [0.4, 0.5) is 0 Å². The van der Waals surface area contributed by atoms with E-state index < -0.39 is 0 Å². The van der Waals surface area contributed by atoms with Crippen LogP contribution >= 0.6 is 27.7 Å². The van der Waals surface area contributed by atoms with Crippen molar-refractivity contribution in [3.8, 4) is 0 Å². The van der Waals surface area contributed by atoms with Gasteiger partial charge in [-0.2, -0.15) is 0 Å². The SMILES string of the molecule is CNC(C)c1cc(Br)ccc1Sc1cccc(C)c1. The molecular weight excluding hydrogens is 318 g/mol. The van der Waals surface area contributed by atoms with E-state index in [4.69, 9.17) is 0 Å². The monoisotopic (exact) mass is 335 g/mol. The van der Waals surface area contributed by atoms with E-state index in [0.717, 1.165) is 4.47 Å². The second-order valence-electron chi connectivity index (χ2n) is 4.61. The van der Waals surface area contributed by atoms with Crippen molar-refractivity contribution in [2.24, 2.45) is 0 Å². The lowest BCUT2D eigenvalue weighted by Gasteiger charge is -2.16. The number of halogens is 1. The standard InChI is InChI=1S/C16H18BrNS/c1-11-5-4-6-14(9-11)19-16-8-7-13(17)10-15(16)12(2)18-3/h4-10,12,18H,1-3H3. The molecule has 2 aromatic carbocycles. The summed E-state index contributed by atoms with van der Waals surface area (Å²) in [6.07, 6.45) is 0. The molecule has 0 radical (unpaired) electrons. The van der Waals surface area contributed by atoms with Crippen LogP contribution in [0.2, 0.25) is 0 Å². The molecule has 1 N–H and O–H groups in total. The summed E-state index contributed by atoms with van der Waals surface area (Å²) >= 11 is 5.37. The summed E-state index contributed by atoms with van der Waals surface area (Å²) < 4.78 is 1.12. The number of hydrogen-bond acceptors (Lipinski definition) is 2. The third-order valence-corrected chi connectivity index (χ3v) is 4.66. The Bertz CT molecular complexity index is 568. The molecule has 1 unspecified atom stereocenters. The Kier molecular flexibility index (Phi) is 5.08. The van der Waals surface area contributed by atoms with Crippen molar-refractivity contribution < 1.29 is 0 Å². The lowest BCUT2D eigenvalue weighted by Crippen LogP contribution is -2.13. The minimum Gasteiger partial charge on any atom is -0.313 e. The summed E-state index contributed by atoms with van der Waals surface area (Å²) in [4.78, 5) is 2.59. The minimum atomic E-state index is 0.338. The van der Waals surface area contributed by atoms with E-state index in [2.05, 4.69) is 77.6 Å². The molecule has 0 aliphatic heterocycles. The summed E-state index contributed by atoms with van der Waals surface area (Å²) in [6.45, 7) is 4.31. The Hall–Kier alpha value is -0.770. The lowest BCUT2D eigenvalue weighted by molar-refractivity contribution is 0.641. The van der Waals surface area contributed by atoms with E-state index in [1.807, 2.05) is 18.8 Å². The molecule has 0 spiro atoms. The van der Waals surface area contributed by atoms with Crippen molar-refractivity contribution in [2.45, 2.75) is 29.7 Å². The smallest absolute Gasteiger partial charge is 0.0300 e. The molecule has 2 aromatic rings. The van der Waals surface area contributed by atoms with Crippen LogP contribution in [-0.2, 0) is 0 Å². The van der Waals surface area contributed by atoms with Gasteiger partial charge in [0.2, 0.25) is 0 Å². The summed E-state index contributed by atoms with van der Waals surface area (Å²) in [5.74, 6) is 0. The van der Waals surface area contributed by atoms with Gasteiger partial charge in [-0.1, -0.05) is 45.4 Å². The summed E-state index contributed by atoms with van der Waals surface area (Å²) in [6, 6.07) is 15.4. The van der Waals surface area contributed by atoms with Gasteiger partial charge in [0.15, 0.2) is 0 Å². The molecule has 0 aromatic heterocycles. The summed E-state index contributed by atoms with van der Waals surface area (Å²) in [7, 11) is 1.99. The quantitative estimate of drug-likeness (QED) is 0.825. The molecule has 19 heavy (non-hydrogen) atoms. The molecule has 0 fully saturated rings.